The number of thioether (sulfide) groups is 1. The summed E-state index contributed by atoms with van der Waals surface area (Å²) in [7, 11) is 0. The minimum absolute atomic E-state index is 0.0204. The van der Waals surface area contributed by atoms with Crippen molar-refractivity contribution in [1.29, 1.82) is 5.26 Å². The van der Waals surface area contributed by atoms with E-state index in [9.17, 15) is 15.3 Å². The lowest BCUT2D eigenvalue weighted by atomic mass is 10.2. The molecule has 10 nitrogen and oxygen atoms in total. The Morgan fingerprint density at radius 3 is 2.81 bits per heavy atom. The monoisotopic (exact) mass is 560 g/mol. The summed E-state index contributed by atoms with van der Waals surface area (Å²) in [5.74, 6) is 0. The van der Waals surface area contributed by atoms with Crippen molar-refractivity contribution in [1.82, 2.24) is 25.0 Å². The molecule has 3 aromatic heterocycles. The van der Waals surface area contributed by atoms with Gasteiger partial charge in [-0.2, -0.15) is 5.26 Å². The maximum atomic E-state index is 10.9. The number of ether oxygens (including phenoxy) is 1. The largest absolute Gasteiger partial charge is 0.394 e. The van der Waals surface area contributed by atoms with Crippen LogP contribution in [0.5, 0.6) is 0 Å². The fourth-order valence-corrected chi connectivity index (χ4v) is 5.01. The van der Waals surface area contributed by atoms with Gasteiger partial charge in [-0.05, 0) is 28.9 Å². The van der Waals surface area contributed by atoms with E-state index < -0.39 is 30.4 Å². The first kappa shape index (κ1) is 25.0. The van der Waals surface area contributed by atoms with E-state index in [-0.39, 0.29) is 12.2 Å². The fraction of sp³-hybridized carbons (Fsp3) is 0.389. The topological polar surface area (TPSA) is 150 Å². The van der Waals surface area contributed by atoms with E-state index in [0.717, 1.165) is 11.8 Å². The summed E-state index contributed by atoms with van der Waals surface area (Å²) in [4.78, 5) is 8.81. The highest BCUT2D eigenvalue weighted by Gasteiger charge is 2.28. The van der Waals surface area contributed by atoms with Gasteiger partial charge in [0.2, 0.25) is 0 Å². The fourth-order valence-electron chi connectivity index (χ4n) is 2.51. The summed E-state index contributed by atoms with van der Waals surface area (Å²) < 4.78 is 7.74. The molecule has 170 valence electrons. The van der Waals surface area contributed by atoms with E-state index in [2.05, 4.69) is 36.2 Å². The second-order valence-electron chi connectivity index (χ2n) is 6.57. The number of pyridine rings is 1. The Morgan fingerprint density at radius 2 is 2.22 bits per heavy atom. The van der Waals surface area contributed by atoms with Gasteiger partial charge in [-0.25, -0.2) is 14.6 Å². The standard InChI is InChI=1S/C18H18BrClN6O4S2/c1-9(28)15(7-27)30-18(32-10-2-11(19)12(3-21)22-4-10)14(29)6-26-5-13(24-25-26)17-23-16(20)8-31-17/h2,4-5,8-9,14-15,18,27-29H,6-7H2,1H3/t9-,14+,15?,18?/m1/s1. The van der Waals surface area contributed by atoms with Gasteiger partial charge in [-0.1, -0.05) is 28.6 Å². The molecule has 0 aromatic carbocycles. The van der Waals surface area contributed by atoms with Gasteiger partial charge in [0.1, 0.15) is 39.6 Å². The zero-order chi connectivity index (χ0) is 23.3. The van der Waals surface area contributed by atoms with Crippen LogP contribution in [0.3, 0.4) is 0 Å². The molecule has 0 fully saturated rings. The molecule has 0 saturated heterocycles. The molecule has 0 spiro atoms. The van der Waals surface area contributed by atoms with Crippen LogP contribution in [0.4, 0.5) is 0 Å². The van der Waals surface area contributed by atoms with Gasteiger partial charge >= 0.3 is 0 Å². The van der Waals surface area contributed by atoms with Crippen LogP contribution in [0.1, 0.15) is 12.6 Å². The Morgan fingerprint density at radius 1 is 1.44 bits per heavy atom. The Labute approximate surface area is 205 Å². The Bertz CT molecular complexity index is 1090. The van der Waals surface area contributed by atoms with Gasteiger partial charge in [0.25, 0.3) is 0 Å². The number of hydrogen-bond donors (Lipinski definition) is 3. The second-order valence-corrected chi connectivity index (χ2v) is 9.84. The molecule has 0 amide bonds. The molecule has 0 aliphatic heterocycles. The van der Waals surface area contributed by atoms with Crippen LogP contribution < -0.4 is 0 Å². The first-order valence-electron chi connectivity index (χ1n) is 9.17. The Balaban J connectivity index is 1.78. The quantitative estimate of drug-likeness (QED) is 0.248. The van der Waals surface area contributed by atoms with Gasteiger partial charge in [0.05, 0.1) is 29.9 Å². The van der Waals surface area contributed by atoms with Crippen LogP contribution in [0.25, 0.3) is 10.7 Å². The predicted octanol–water partition coefficient (Wildman–Crippen LogP) is 2.32. The molecule has 0 aliphatic carbocycles. The van der Waals surface area contributed by atoms with Crippen molar-refractivity contribution < 1.29 is 20.1 Å². The van der Waals surface area contributed by atoms with Crippen molar-refractivity contribution >= 4 is 50.6 Å². The van der Waals surface area contributed by atoms with Gasteiger partial charge in [0, 0.05) is 16.5 Å². The lowest BCUT2D eigenvalue weighted by Gasteiger charge is -2.28. The van der Waals surface area contributed by atoms with Crippen LogP contribution in [-0.2, 0) is 11.3 Å². The van der Waals surface area contributed by atoms with Crippen LogP contribution in [0.2, 0.25) is 5.15 Å². The van der Waals surface area contributed by atoms with Crippen molar-refractivity contribution in [3.8, 4) is 16.8 Å². The normalized spacial score (nSPS) is 15.2. The van der Waals surface area contributed by atoms with E-state index in [4.69, 9.17) is 21.6 Å². The van der Waals surface area contributed by atoms with Crippen molar-refractivity contribution in [2.75, 3.05) is 6.61 Å². The Hall–Kier alpha value is -1.63. The van der Waals surface area contributed by atoms with Gasteiger partial charge in [-0.3, -0.25) is 0 Å². The van der Waals surface area contributed by atoms with Crippen molar-refractivity contribution in [2.45, 2.75) is 42.1 Å². The summed E-state index contributed by atoms with van der Waals surface area (Å²) in [6.45, 7) is 1.07. The van der Waals surface area contributed by atoms with E-state index in [1.165, 1.54) is 29.1 Å². The number of rotatable bonds is 10. The zero-order valence-electron chi connectivity index (χ0n) is 16.5. The molecular formula is C18H18BrClN6O4S2. The molecule has 0 saturated carbocycles. The molecule has 3 N–H and O–H groups in total. The number of nitrogens with zero attached hydrogens (tertiary/aromatic N) is 6. The van der Waals surface area contributed by atoms with Crippen LogP contribution in [0.15, 0.2) is 33.2 Å². The van der Waals surface area contributed by atoms with Gasteiger partial charge < -0.3 is 20.1 Å². The predicted molar refractivity (Wildman–Crippen MR) is 122 cm³/mol. The first-order chi connectivity index (χ1) is 15.3. The molecule has 14 heteroatoms. The van der Waals surface area contributed by atoms with Crippen molar-refractivity contribution in [3.05, 3.63) is 39.2 Å². The molecule has 0 bridgehead atoms. The van der Waals surface area contributed by atoms with Crippen molar-refractivity contribution in [3.63, 3.8) is 0 Å². The highest BCUT2D eigenvalue weighted by molar-refractivity contribution is 9.10. The third-order valence-electron chi connectivity index (χ3n) is 4.12. The molecule has 2 unspecified atom stereocenters. The minimum atomic E-state index is -1.10. The number of hydrogen-bond acceptors (Lipinski definition) is 11. The van der Waals surface area contributed by atoms with Crippen LogP contribution >= 0.6 is 50.6 Å². The number of aliphatic hydroxyl groups is 3. The average molecular weight is 562 g/mol. The molecule has 0 radical (unpaired) electrons. The van der Waals surface area contributed by atoms with Crippen molar-refractivity contribution in [2.24, 2.45) is 0 Å². The van der Waals surface area contributed by atoms with E-state index in [1.54, 1.807) is 17.6 Å². The summed E-state index contributed by atoms with van der Waals surface area (Å²) in [5, 5.41) is 50.1. The van der Waals surface area contributed by atoms with Crippen LogP contribution in [-0.4, -0.2) is 70.6 Å². The Kier molecular flexibility index (Phi) is 8.97. The number of thiazole rings is 1. The third kappa shape index (κ3) is 6.46. The molecule has 32 heavy (non-hydrogen) atoms. The lowest BCUT2D eigenvalue weighted by Crippen LogP contribution is -2.39. The summed E-state index contributed by atoms with van der Waals surface area (Å²) >= 11 is 11.6. The summed E-state index contributed by atoms with van der Waals surface area (Å²) in [6.07, 6.45) is 0.122. The maximum Gasteiger partial charge on any atom is 0.154 e. The van der Waals surface area contributed by atoms with E-state index in [0.29, 0.717) is 25.2 Å². The maximum absolute atomic E-state index is 10.9. The zero-order valence-corrected chi connectivity index (χ0v) is 20.5. The first-order valence-corrected chi connectivity index (χ1v) is 12.1. The third-order valence-corrected chi connectivity index (χ3v) is 7.07. The molecule has 4 atom stereocenters. The van der Waals surface area contributed by atoms with Crippen LogP contribution in [0, 0.1) is 11.3 Å². The second kappa shape index (κ2) is 11.5. The van der Waals surface area contributed by atoms with E-state index in [1.807, 2.05) is 6.07 Å². The SMILES string of the molecule is C[C@@H](O)C(CO)OC(Sc1cnc(C#N)c(Br)c1)[C@@H](O)Cn1cc(-c2nc(Cl)cs2)nn1. The van der Waals surface area contributed by atoms with E-state index >= 15 is 0 Å². The molecule has 0 aliphatic rings. The molecule has 3 heterocycles. The highest BCUT2D eigenvalue weighted by atomic mass is 79.9. The smallest absolute Gasteiger partial charge is 0.154 e. The number of aromatic nitrogens is 5. The van der Waals surface area contributed by atoms with Gasteiger partial charge in [-0.15, -0.1) is 16.4 Å². The molecule has 3 aromatic rings. The average Bonchev–Trinajstić information content (AvgIpc) is 3.39. The summed E-state index contributed by atoms with van der Waals surface area (Å²) in [5.41, 5.74) is -0.163. The number of aliphatic hydroxyl groups excluding tert-OH is 3. The van der Waals surface area contributed by atoms with Gasteiger partial charge in [0.15, 0.2) is 5.69 Å². The molecule has 3 rings (SSSR count). The summed E-state index contributed by atoms with van der Waals surface area (Å²) in [6, 6.07) is 3.64. The molecular weight excluding hydrogens is 544 g/mol. The minimum Gasteiger partial charge on any atom is -0.394 e. The number of halogens is 2. The highest BCUT2D eigenvalue weighted by Crippen LogP contribution is 2.31. The number of nitriles is 1. The lowest BCUT2D eigenvalue weighted by molar-refractivity contribution is -0.0972.